The van der Waals surface area contributed by atoms with Crippen molar-refractivity contribution < 1.29 is 14.7 Å². The molecule has 0 radical (unpaired) electrons. The molecule has 2 atom stereocenters. The molecule has 5 heteroatoms. The van der Waals surface area contributed by atoms with Crippen LogP contribution in [0.1, 0.15) is 40.5 Å². The van der Waals surface area contributed by atoms with E-state index in [9.17, 15) is 14.7 Å². The molecule has 0 spiro atoms. The van der Waals surface area contributed by atoms with Gasteiger partial charge in [0, 0.05) is 12.1 Å². The number of carboxylic acids is 1. The number of carbonyl (C=O) groups is 2. The van der Waals surface area contributed by atoms with E-state index in [1.165, 1.54) is 4.90 Å². The van der Waals surface area contributed by atoms with Crippen molar-refractivity contribution in [1.29, 1.82) is 0 Å². The molecule has 1 amide bonds. The molecule has 5 nitrogen and oxygen atoms in total. The smallest absolute Gasteiger partial charge is 0.326 e. The highest BCUT2D eigenvalue weighted by molar-refractivity contribution is 5.87. The molecule has 0 aromatic rings. The number of rotatable bonds is 6. The second-order valence-corrected chi connectivity index (χ2v) is 6.32. The maximum atomic E-state index is 12.7. The number of carbonyl (C=O) groups excluding carboxylic acids is 1. The lowest BCUT2D eigenvalue weighted by Gasteiger charge is -2.34. The predicted molar refractivity (Wildman–Crippen MR) is 78.4 cm³/mol. The van der Waals surface area contributed by atoms with E-state index in [0.717, 1.165) is 6.42 Å². The second-order valence-electron chi connectivity index (χ2n) is 6.32. The van der Waals surface area contributed by atoms with Crippen LogP contribution in [0.25, 0.3) is 0 Å². The van der Waals surface area contributed by atoms with Crippen LogP contribution in [-0.2, 0) is 9.59 Å². The standard InChI is InChI=1S/C15H26N2O3/c1-6-15(4,5)16-12(10(2)3)13(18)17-9-7-8-11(17)14(19)20/h6,10-12,16H,1,7-9H2,2-5H3,(H,19,20)/t11-,12-/m0/s1. The lowest BCUT2D eigenvalue weighted by Crippen LogP contribution is -2.57. The lowest BCUT2D eigenvalue weighted by molar-refractivity contribution is -0.149. The second kappa shape index (κ2) is 6.39. The van der Waals surface area contributed by atoms with Gasteiger partial charge in [-0.3, -0.25) is 10.1 Å². The molecule has 0 saturated carbocycles. The van der Waals surface area contributed by atoms with E-state index in [4.69, 9.17) is 0 Å². The number of carboxylic acid groups (broad SMARTS) is 1. The van der Waals surface area contributed by atoms with Crippen LogP contribution in [-0.4, -0.2) is 46.1 Å². The van der Waals surface area contributed by atoms with Crippen LogP contribution in [0, 0.1) is 5.92 Å². The number of amides is 1. The first-order chi connectivity index (χ1) is 9.19. The summed E-state index contributed by atoms with van der Waals surface area (Å²) in [6, 6.07) is -1.08. The van der Waals surface area contributed by atoms with Gasteiger partial charge in [-0.05, 0) is 32.6 Å². The van der Waals surface area contributed by atoms with Gasteiger partial charge in [0.2, 0.25) is 5.91 Å². The summed E-state index contributed by atoms with van der Waals surface area (Å²) in [7, 11) is 0. The van der Waals surface area contributed by atoms with Gasteiger partial charge >= 0.3 is 5.97 Å². The van der Waals surface area contributed by atoms with Crippen molar-refractivity contribution in [2.24, 2.45) is 5.92 Å². The zero-order valence-corrected chi connectivity index (χ0v) is 12.8. The number of nitrogens with zero attached hydrogens (tertiary/aromatic N) is 1. The van der Waals surface area contributed by atoms with Crippen LogP contribution < -0.4 is 5.32 Å². The van der Waals surface area contributed by atoms with Crippen molar-refractivity contribution in [2.75, 3.05) is 6.54 Å². The van der Waals surface area contributed by atoms with E-state index in [2.05, 4.69) is 11.9 Å². The quantitative estimate of drug-likeness (QED) is 0.727. The fourth-order valence-corrected chi connectivity index (χ4v) is 2.44. The first kappa shape index (κ1) is 16.7. The number of nitrogens with one attached hydrogen (secondary N) is 1. The monoisotopic (exact) mass is 282 g/mol. The SMILES string of the molecule is C=CC(C)(C)N[C@H](C(=O)N1CCC[C@H]1C(=O)O)C(C)C. The third kappa shape index (κ3) is 3.82. The van der Waals surface area contributed by atoms with Gasteiger partial charge in [0.25, 0.3) is 0 Å². The minimum Gasteiger partial charge on any atom is -0.480 e. The average molecular weight is 282 g/mol. The Balaban J connectivity index is 2.89. The van der Waals surface area contributed by atoms with Crippen LogP contribution in [0.4, 0.5) is 0 Å². The fraction of sp³-hybridized carbons (Fsp3) is 0.733. The van der Waals surface area contributed by atoms with E-state index >= 15 is 0 Å². The van der Waals surface area contributed by atoms with Gasteiger partial charge in [-0.25, -0.2) is 4.79 Å². The van der Waals surface area contributed by atoms with Crippen molar-refractivity contribution in [3.63, 3.8) is 0 Å². The van der Waals surface area contributed by atoms with Crippen LogP contribution in [0.3, 0.4) is 0 Å². The highest BCUT2D eigenvalue weighted by atomic mass is 16.4. The first-order valence-corrected chi connectivity index (χ1v) is 7.14. The van der Waals surface area contributed by atoms with E-state index in [0.29, 0.717) is 13.0 Å². The average Bonchev–Trinajstić information content (AvgIpc) is 2.84. The molecule has 0 aliphatic carbocycles. The minimum atomic E-state index is -0.915. The number of hydrogen-bond donors (Lipinski definition) is 2. The summed E-state index contributed by atoms with van der Waals surface area (Å²) >= 11 is 0. The molecule has 1 heterocycles. The van der Waals surface area contributed by atoms with Gasteiger partial charge in [-0.15, -0.1) is 6.58 Å². The van der Waals surface area contributed by atoms with Gasteiger partial charge in [0.1, 0.15) is 6.04 Å². The fourth-order valence-electron chi connectivity index (χ4n) is 2.44. The molecule has 1 aliphatic heterocycles. The van der Waals surface area contributed by atoms with Gasteiger partial charge in [0.15, 0.2) is 0 Å². The molecular formula is C15H26N2O3. The van der Waals surface area contributed by atoms with Crippen LogP contribution >= 0.6 is 0 Å². The maximum Gasteiger partial charge on any atom is 0.326 e. The van der Waals surface area contributed by atoms with Crippen LogP contribution in [0.5, 0.6) is 0 Å². The van der Waals surface area contributed by atoms with Gasteiger partial charge < -0.3 is 10.0 Å². The predicted octanol–water partition coefficient (Wildman–Crippen LogP) is 1.64. The van der Waals surface area contributed by atoms with Crippen molar-refractivity contribution in [3.05, 3.63) is 12.7 Å². The Bertz CT molecular complexity index is 391. The van der Waals surface area contributed by atoms with E-state index in [1.807, 2.05) is 27.7 Å². The summed E-state index contributed by atoms with van der Waals surface area (Å²) in [6.07, 6.45) is 3.05. The number of aliphatic carboxylic acids is 1. The van der Waals surface area contributed by atoms with E-state index in [-0.39, 0.29) is 17.4 Å². The zero-order chi connectivity index (χ0) is 15.5. The van der Waals surface area contributed by atoms with Crippen molar-refractivity contribution in [3.8, 4) is 0 Å². The molecule has 0 unspecified atom stereocenters. The topological polar surface area (TPSA) is 69.6 Å². The Morgan fingerprint density at radius 3 is 2.50 bits per heavy atom. The summed E-state index contributed by atoms with van der Waals surface area (Å²) in [5.41, 5.74) is -0.372. The first-order valence-electron chi connectivity index (χ1n) is 7.14. The van der Waals surface area contributed by atoms with Crippen LogP contribution in [0.2, 0.25) is 0 Å². The third-order valence-electron chi connectivity index (χ3n) is 3.79. The van der Waals surface area contributed by atoms with Gasteiger partial charge in [-0.1, -0.05) is 19.9 Å². The zero-order valence-electron chi connectivity index (χ0n) is 12.8. The molecule has 0 bridgehead atoms. The van der Waals surface area contributed by atoms with Gasteiger partial charge in [0.05, 0.1) is 6.04 Å². The molecule has 1 saturated heterocycles. The molecule has 0 aromatic carbocycles. The Labute approximate surface area is 121 Å². The molecule has 114 valence electrons. The Kier molecular flexibility index (Phi) is 5.34. The molecule has 1 rings (SSSR count). The summed E-state index contributed by atoms with van der Waals surface area (Å²) < 4.78 is 0. The Morgan fingerprint density at radius 1 is 1.45 bits per heavy atom. The molecule has 20 heavy (non-hydrogen) atoms. The largest absolute Gasteiger partial charge is 0.480 e. The summed E-state index contributed by atoms with van der Waals surface area (Å²) in [5, 5.41) is 12.5. The minimum absolute atomic E-state index is 0.0803. The van der Waals surface area contributed by atoms with Gasteiger partial charge in [-0.2, -0.15) is 0 Å². The molecule has 0 aromatic heterocycles. The maximum absolute atomic E-state index is 12.7. The third-order valence-corrected chi connectivity index (χ3v) is 3.79. The van der Waals surface area contributed by atoms with Crippen molar-refractivity contribution in [1.82, 2.24) is 10.2 Å². The molecule has 1 fully saturated rings. The Morgan fingerprint density at radius 2 is 2.05 bits per heavy atom. The number of hydrogen-bond acceptors (Lipinski definition) is 3. The van der Waals surface area contributed by atoms with Crippen molar-refractivity contribution in [2.45, 2.75) is 58.2 Å². The summed E-state index contributed by atoms with van der Waals surface area (Å²) in [5.74, 6) is -0.960. The highest BCUT2D eigenvalue weighted by Gasteiger charge is 2.39. The summed E-state index contributed by atoms with van der Waals surface area (Å²) in [4.78, 5) is 25.4. The number of likely N-dealkylation sites (tertiary alicyclic amines) is 1. The molecule has 2 N–H and O–H groups in total. The molecule has 1 aliphatic rings. The highest BCUT2D eigenvalue weighted by Crippen LogP contribution is 2.21. The van der Waals surface area contributed by atoms with Crippen molar-refractivity contribution >= 4 is 11.9 Å². The van der Waals surface area contributed by atoms with Crippen LogP contribution in [0.15, 0.2) is 12.7 Å². The molecular weight excluding hydrogens is 256 g/mol. The Hall–Kier alpha value is -1.36. The van der Waals surface area contributed by atoms with E-state index in [1.54, 1.807) is 6.08 Å². The van der Waals surface area contributed by atoms with E-state index < -0.39 is 18.1 Å². The normalized spacial score (nSPS) is 21.1. The lowest BCUT2D eigenvalue weighted by atomic mass is 9.97. The summed E-state index contributed by atoms with van der Waals surface area (Å²) in [6.45, 7) is 12.1.